The van der Waals surface area contributed by atoms with E-state index in [-0.39, 0.29) is 5.41 Å². The minimum absolute atomic E-state index is 0.308. The fourth-order valence-electron chi connectivity index (χ4n) is 4.15. The molecule has 4 aromatic carbocycles. The van der Waals surface area contributed by atoms with Gasteiger partial charge >= 0.3 is 0 Å². The average Bonchev–Trinajstić information content (AvgIpc) is 2.77. The molecule has 0 fully saturated rings. The zero-order valence-electron chi connectivity index (χ0n) is 16.0. The first-order valence-electron chi connectivity index (χ1n) is 9.66. The number of hydrogen-bond donors (Lipinski definition) is 1. The molecule has 0 aromatic heterocycles. The van der Waals surface area contributed by atoms with E-state index < -0.39 is 0 Å². The summed E-state index contributed by atoms with van der Waals surface area (Å²) in [5.41, 5.74) is 5.22. The highest BCUT2D eigenvalue weighted by molar-refractivity contribution is 9.10. The van der Waals surface area contributed by atoms with Gasteiger partial charge in [0.05, 0.1) is 11.4 Å². The van der Waals surface area contributed by atoms with E-state index in [1.54, 1.807) is 0 Å². The van der Waals surface area contributed by atoms with Gasteiger partial charge in [-0.05, 0) is 52.7 Å². The number of rotatable bonds is 3. The zero-order chi connectivity index (χ0) is 19.8. The van der Waals surface area contributed by atoms with Gasteiger partial charge in [0.25, 0.3) is 0 Å². The van der Waals surface area contributed by atoms with Crippen molar-refractivity contribution in [2.24, 2.45) is 0 Å². The number of hydrogen-bond acceptors (Lipinski definition) is 2. The number of benzene rings is 4. The van der Waals surface area contributed by atoms with Gasteiger partial charge in [0.1, 0.15) is 5.75 Å². The molecule has 0 radical (unpaired) electrons. The molecule has 142 valence electrons. The molecule has 1 aliphatic rings. The quantitative estimate of drug-likeness (QED) is 0.352. The topological polar surface area (TPSA) is 21.3 Å². The molecule has 3 heteroatoms. The van der Waals surface area contributed by atoms with Crippen LogP contribution in [0.4, 0.5) is 11.4 Å². The van der Waals surface area contributed by atoms with Crippen LogP contribution in [0, 0.1) is 0 Å². The molecular weight excluding hydrogens is 422 g/mol. The van der Waals surface area contributed by atoms with Crippen LogP contribution in [0.5, 0.6) is 11.5 Å². The largest absolute Gasteiger partial charge is 0.455 e. The van der Waals surface area contributed by atoms with Crippen LogP contribution >= 0.6 is 15.9 Å². The van der Waals surface area contributed by atoms with Crippen LogP contribution in [0.3, 0.4) is 0 Å². The van der Waals surface area contributed by atoms with Gasteiger partial charge in [-0.2, -0.15) is 0 Å². The SMILES string of the molecule is CC1(c2ccccc2)c2ccccc2Oc2c(Nc3ccccc3Br)cccc21. The van der Waals surface area contributed by atoms with Crippen molar-refractivity contribution in [3.8, 4) is 11.5 Å². The third-order valence-electron chi connectivity index (χ3n) is 5.69. The lowest BCUT2D eigenvalue weighted by atomic mass is 9.69. The monoisotopic (exact) mass is 441 g/mol. The first-order chi connectivity index (χ1) is 14.2. The Morgan fingerprint density at radius 1 is 0.690 bits per heavy atom. The normalized spacial score (nSPS) is 17.0. The second-order valence-corrected chi connectivity index (χ2v) is 8.23. The summed E-state index contributed by atoms with van der Waals surface area (Å²) >= 11 is 3.63. The van der Waals surface area contributed by atoms with Crippen LogP contribution in [-0.2, 0) is 5.41 Å². The van der Waals surface area contributed by atoms with Crippen molar-refractivity contribution in [3.63, 3.8) is 0 Å². The molecular formula is C26H20BrNO. The fraction of sp³-hybridized carbons (Fsp3) is 0.0769. The molecule has 1 atom stereocenters. The summed E-state index contributed by atoms with van der Waals surface area (Å²) in [5, 5.41) is 3.55. The lowest BCUT2D eigenvalue weighted by molar-refractivity contribution is 0.429. The minimum atomic E-state index is -0.308. The molecule has 0 amide bonds. The smallest absolute Gasteiger partial charge is 0.155 e. The molecule has 4 aromatic rings. The third-order valence-corrected chi connectivity index (χ3v) is 6.38. The maximum absolute atomic E-state index is 6.46. The molecule has 0 spiro atoms. The number of ether oxygens (including phenoxy) is 1. The fourth-order valence-corrected chi connectivity index (χ4v) is 4.54. The minimum Gasteiger partial charge on any atom is -0.455 e. The summed E-state index contributed by atoms with van der Waals surface area (Å²) in [6, 6.07) is 33.4. The Morgan fingerprint density at radius 2 is 1.34 bits per heavy atom. The van der Waals surface area contributed by atoms with Crippen molar-refractivity contribution in [1.82, 2.24) is 0 Å². The molecule has 5 rings (SSSR count). The zero-order valence-corrected chi connectivity index (χ0v) is 17.6. The van der Waals surface area contributed by atoms with E-state index in [1.165, 1.54) is 11.1 Å². The van der Waals surface area contributed by atoms with Crippen molar-refractivity contribution in [1.29, 1.82) is 0 Å². The predicted octanol–water partition coefficient (Wildman–Crippen LogP) is 7.65. The summed E-state index contributed by atoms with van der Waals surface area (Å²) in [7, 11) is 0. The Bertz CT molecular complexity index is 1190. The van der Waals surface area contributed by atoms with Gasteiger partial charge in [-0.1, -0.05) is 72.8 Å². The Morgan fingerprint density at radius 3 is 2.17 bits per heavy atom. The van der Waals surface area contributed by atoms with Crippen LogP contribution in [-0.4, -0.2) is 0 Å². The summed E-state index contributed by atoms with van der Waals surface area (Å²) < 4.78 is 7.47. The lowest BCUT2D eigenvalue weighted by Gasteiger charge is -2.38. The van der Waals surface area contributed by atoms with Crippen molar-refractivity contribution < 1.29 is 4.74 Å². The molecule has 1 heterocycles. The van der Waals surface area contributed by atoms with Gasteiger partial charge in [0, 0.05) is 21.0 Å². The first kappa shape index (κ1) is 18.0. The van der Waals surface area contributed by atoms with Gasteiger partial charge in [-0.15, -0.1) is 0 Å². The summed E-state index contributed by atoms with van der Waals surface area (Å²) in [5.74, 6) is 1.76. The number of para-hydroxylation sites is 3. The van der Waals surface area contributed by atoms with Crippen LogP contribution in [0.15, 0.2) is 102 Å². The average molecular weight is 442 g/mol. The van der Waals surface area contributed by atoms with E-state index in [0.29, 0.717) is 0 Å². The number of anilines is 2. The molecule has 0 bridgehead atoms. The second-order valence-electron chi connectivity index (χ2n) is 7.38. The van der Waals surface area contributed by atoms with Crippen molar-refractivity contribution in [2.45, 2.75) is 12.3 Å². The van der Waals surface area contributed by atoms with Crippen LogP contribution in [0.2, 0.25) is 0 Å². The van der Waals surface area contributed by atoms with E-state index >= 15 is 0 Å². The number of fused-ring (bicyclic) bond motifs is 2. The summed E-state index contributed by atoms with van der Waals surface area (Å²) in [6.07, 6.45) is 0. The second kappa shape index (κ2) is 7.09. The van der Waals surface area contributed by atoms with Gasteiger partial charge in [-0.3, -0.25) is 0 Å². The van der Waals surface area contributed by atoms with E-state index in [9.17, 15) is 0 Å². The standard InChI is InChI=1S/C26H20BrNO/c1-26(18-10-3-2-4-11-18)19-12-5-8-17-24(19)29-25-20(26)13-9-16-23(25)28-22-15-7-6-14-21(22)27/h2-17,28H,1H3. The maximum Gasteiger partial charge on any atom is 0.155 e. The van der Waals surface area contributed by atoms with Crippen molar-refractivity contribution in [2.75, 3.05) is 5.32 Å². The Balaban J connectivity index is 1.72. The molecule has 2 nitrogen and oxygen atoms in total. The summed E-state index contributed by atoms with van der Waals surface area (Å²) in [6.45, 7) is 2.28. The molecule has 0 saturated carbocycles. The number of nitrogens with one attached hydrogen (secondary N) is 1. The van der Waals surface area contributed by atoms with Gasteiger partial charge in [-0.25, -0.2) is 0 Å². The van der Waals surface area contributed by atoms with Gasteiger partial charge < -0.3 is 10.1 Å². The van der Waals surface area contributed by atoms with Gasteiger partial charge in [0.15, 0.2) is 5.75 Å². The van der Waals surface area contributed by atoms with E-state index in [0.717, 1.165) is 32.9 Å². The molecule has 0 aliphatic carbocycles. The van der Waals surface area contributed by atoms with Crippen LogP contribution in [0.1, 0.15) is 23.6 Å². The van der Waals surface area contributed by atoms with Crippen molar-refractivity contribution >= 4 is 27.3 Å². The molecule has 1 N–H and O–H groups in total. The first-order valence-corrected chi connectivity index (χ1v) is 10.4. The Labute approximate surface area is 179 Å². The third kappa shape index (κ3) is 2.93. The number of halogens is 1. The van der Waals surface area contributed by atoms with E-state index in [1.807, 2.05) is 24.3 Å². The molecule has 0 saturated heterocycles. The molecule has 29 heavy (non-hydrogen) atoms. The lowest BCUT2D eigenvalue weighted by Crippen LogP contribution is -2.29. The Kier molecular flexibility index (Phi) is 4.40. The van der Waals surface area contributed by atoms with Crippen molar-refractivity contribution in [3.05, 3.63) is 118 Å². The molecule has 1 aliphatic heterocycles. The summed E-state index contributed by atoms with van der Waals surface area (Å²) in [4.78, 5) is 0. The predicted molar refractivity (Wildman–Crippen MR) is 122 cm³/mol. The highest BCUT2D eigenvalue weighted by atomic mass is 79.9. The molecule has 1 unspecified atom stereocenters. The van der Waals surface area contributed by atoms with Crippen LogP contribution < -0.4 is 10.1 Å². The Hall–Kier alpha value is -3.04. The van der Waals surface area contributed by atoms with E-state index in [2.05, 4.69) is 101 Å². The highest BCUT2D eigenvalue weighted by Crippen LogP contribution is 2.53. The maximum atomic E-state index is 6.46. The van der Waals surface area contributed by atoms with E-state index in [4.69, 9.17) is 4.74 Å². The van der Waals surface area contributed by atoms with Crippen LogP contribution in [0.25, 0.3) is 0 Å². The highest BCUT2D eigenvalue weighted by Gasteiger charge is 2.40. The van der Waals surface area contributed by atoms with Gasteiger partial charge in [0.2, 0.25) is 0 Å².